The second kappa shape index (κ2) is 4.52. The van der Waals surface area contributed by atoms with Gasteiger partial charge in [-0.3, -0.25) is 0 Å². The van der Waals surface area contributed by atoms with Crippen molar-refractivity contribution in [3.05, 3.63) is 70.4 Å². The molecule has 3 rings (SSSR count). The number of hydrogen-bond acceptors (Lipinski definition) is 1. The summed E-state index contributed by atoms with van der Waals surface area (Å²) in [4.78, 5) is 1.20. The number of rotatable bonds is 2. The highest BCUT2D eigenvalue weighted by Crippen LogP contribution is 2.33. The van der Waals surface area contributed by atoms with E-state index in [1.165, 1.54) is 15.6 Å². The van der Waals surface area contributed by atoms with Gasteiger partial charge in [-0.25, -0.2) is 0 Å². The van der Waals surface area contributed by atoms with E-state index in [1.807, 2.05) is 6.07 Å². The van der Waals surface area contributed by atoms with Crippen LogP contribution in [-0.4, -0.2) is 0 Å². The van der Waals surface area contributed by atoms with E-state index in [4.69, 9.17) is 11.6 Å². The minimum Gasteiger partial charge on any atom is -0.147 e. The summed E-state index contributed by atoms with van der Waals surface area (Å²) in [7, 11) is 0. The van der Waals surface area contributed by atoms with Crippen LogP contribution in [0.25, 0.3) is 10.8 Å². The molecule has 3 aromatic rings. The lowest BCUT2D eigenvalue weighted by molar-refractivity contribution is 1.19. The lowest BCUT2D eigenvalue weighted by atomic mass is 10.0. The molecule has 1 atom stereocenters. The molecule has 84 valence electrons. The smallest absolute Gasteiger partial charge is 0.0927 e. The molecule has 0 N–H and O–H groups in total. The minimum absolute atomic E-state index is 0.0420. The monoisotopic (exact) mass is 258 g/mol. The van der Waals surface area contributed by atoms with E-state index in [1.54, 1.807) is 11.3 Å². The second-order valence-electron chi connectivity index (χ2n) is 3.98. The van der Waals surface area contributed by atoms with Gasteiger partial charge >= 0.3 is 0 Å². The van der Waals surface area contributed by atoms with Crippen molar-refractivity contribution >= 4 is 33.7 Å². The molecule has 0 aliphatic carbocycles. The number of benzene rings is 2. The van der Waals surface area contributed by atoms with E-state index < -0.39 is 0 Å². The zero-order valence-electron chi connectivity index (χ0n) is 9.14. The minimum atomic E-state index is -0.0420. The molecule has 1 unspecified atom stereocenters. The van der Waals surface area contributed by atoms with Crippen LogP contribution in [0.2, 0.25) is 0 Å². The highest BCUT2D eigenvalue weighted by atomic mass is 35.5. The van der Waals surface area contributed by atoms with Crippen molar-refractivity contribution < 1.29 is 0 Å². The van der Waals surface area contributed by atoms with Gasteiger partial charge < -0.3 is 0 Å². The molecule has 0 radical (unpaired) electrons. The highest BCUT2D eigenvalue weighted by Gasteiger charge is 2.11. The molecule has 0 fully saturated rings. The number of fused-ring (bicyclic) bond motifs is 1. The third-order valence-electron chi connectivity index (χ3n) is 2.86. The highest BCUT2D eigenvalue weighted by molar-refractivity contribution is 7.10. The fraction of sp³-hybridized carbons (Fsp3) is 0.0667. The average molecular weight is 259 g/mol. The van der Waals surface area contributed by atoms with Crippen molar-refractivity contribution in [3.63, 3.8) is 0 Å². The Morgan fingerprint density at radius 3 is 2.47 bits per heavy atom. The van der Waals surface area contributed by atoms with Crippen LogP contribution < -0.4 is 0 Å². The van der Waals surface area contributed by atoms with Crippen molar-refractivity contribution in [1.29, 1.82) is 0 Å². The lowest BCUT2D eigenvalue weighted by Gasteiger charge is -2.08. The van der Waals surface area contributed by atoms with Crippen LogP contribution in [0.1, 0.15) is 15.8 Å². The van der Waals surface area contributed by atoms with Crippen molar-refractivity contribution in [2.45, 2.75) is 5.38 Å². The molecule has 17 heavy (non-hydrogen) atoms. The van der Waals surface area contributed by atoms with E-state index in [0.717, 1.165) is 5.56 Å². The number of alkyl halides is 1. The van der Waals surface area contributed by atoms with Crippen LogP contribution in [0, 0.1) is 0 Å². The first kappa shape index (κ1) is 10.8. The summed E-state index contributed by atoms with van der Waals surface area (Å²) in [6.07, 6.45) is 0. The molecule has 0 aliphatic heterocycles. The van der Waals surface area contributed by atoms with Gasteiger partial charge in [-0.1, -0.05) is 42.5 Å². The summed E-state index contributed by atoms with van der Waals surface area (Å²) in [6, 6.07) is 18.9. The predicted octanol–water partition coefficient (Wildman–Crippen LogP) is 5.23. The van der Waals surface area contributed by atoms with Gasteiger partial charge in [0.25, 0.3) is 0 Å². The van der Waals surface area contributed by atoms with Crippen molar-refractivity contribution in [1.82, 2.24) is 0 Å². The van der Waals surface area contributed by atoms with Gasteiger partial charge in [-0.2, -0.15) is 0 Å². The Morgan fingerprint density at radius 2 is 1.71 bits per heavy atom. The zero-order chi connectivity index (χ0) is 11.7. The fourth-order valence-electron chi connectivity index (χ4n) is 1.97. The Morgan fingerprint density at radius 1 is 0.882 bits per heavy atom. The Labute approximate surface area is 109 Å². The van der Waals surface area contributed by atoms with Crippen molar-refractivity contribution in [2.75, 3.05) is 0 Å². The molecule has 2 aromatic carbocycles. The molecule has 0 saturated heterocycles. The summed E-state index contributed by atoms with van der Waals surface area (Å²) >= 11 is 8.18. The zero-order valence-corrected chi connectivity index (χ0v) is 10.7. The van der Waals surface area contributed by atoms with Gasteiger partial charge in [0.2, 0.25) is 0 Å². The first-order valence-corrected chi connectivity index (χ1v) is 6.82. The SMILES string of the molecule is ClC(c1ccc2ccccc2c1)c1cccs1. The third-order valence-corrected chi connectivity index (χ3v) is 4.41. The molecular formula is C15H11ClS. The second-order valence-corrected chi connectivity index (χ2v) is 5.40. The van der Waals surface area contributed by atoms with Gasteiger partial charge in [0.15, 0.2) is 0 Å². The quantitative estimate of drug-likeness (QED) is 0.552. The van der Waals surface area contributed by atoms with Gasteiger partial charge in [0, 0.05) is 4.88 Å². The van der Waals surface area contributed by atoms with Crippen LogP contribution in [0.3, 0.4) is 0 Å². The first-order valence-electron chi connectivity index (χ1n) is 5.51. The maximum Gasteiger partial charge on any atom is 0.0927 e. The molecule has 0 amide bonds. The topological polar surface area (TPSA) is 0 Å². The molecule has 0 aliphatic rings. The number of thiophene rings is 1. The summed E-state index contributed by atoms with van der Waals surface area (Å²) in [6.45, 7) is 0. The molecular weight excluding hydrogens is 248 g/mol. The van der Waals surface area contributed by atoms with Crippen LogP contribution in [-0.2, 0) is 0 Å². The molecule has 1 heterocycles. The lowest BCUT2D eigenvalue weighted by Crippen LogP contribution is -1.89. The summed E-state index contributed by atoms with van der Waals surface area (Å²) < 4.78 is 0. The Kier molecular flexibility index (Phi) is 2.87. The van der Waals surface area contributed by atoms with E-state index >= 15 is 0 Å². The summed E-state index contributed by atoms with van der Waals surface area (Å²) in [5.41, 5.74) is 1.16. The van der Waals surface area contributed by atoms with Crippen molar-refractivity contribution in [2.24, 2.45) is 0 Å². The van der Waals surface area contributed by atoms with Gasteiger partial charge in [-0.05, 0) is 33.8 Å². The molecule has 0 nitrogen and oxygen atoms in total. The number of halogens is 1. The predicted molar refractivity (Wildman–Crippen MR) is 76.0 cm³/mol. The van der Waals surface area contributed by atoms with Crippen molar-refractivity contribution in [3.8, 4) is 0 Å². The van der Waals surface area contributed by atoms with Crippen LogP contribution in [0.15, 0.2) is 60.0 Å². The van der Waals surface area contributed by atoms with E-state index in [2.05, 4.69) is 53.9 Å². The van der Waals surface area contributed by atoms with E-state index in [-0.39, 0.29) is 5.38 Å². The van der Waals surface area contributed by atoms with Crippen LogP contribution >= 0.6 is 22.9 Å². The molecule has 2 heteroatoms. The maximum atomic E-state index is 6.48. The molecule has 0 spiro atoms. The van der Waals surface area contributed by atoms with Gasteiger partial charge in [0.1, 0.15) is 0 Å². The Hall–Kier alpha value is -1.31. The summed E-state index contributed by atoms with van der Waals surface area (Å²) in [5.74, 6) is 0. The first-order chi connectivity index (χ1) is 8.34. The Balaban J connectivity index is 2.06. The largest absolute Gasteiger partial charge is 0.147 e. The molecule has 0 bridgehead atoms. The average Bonchev–Trinajstić information content (AvgIpc) is 2.91. The fourth-order valence-corrected chi connectivity index (χ4v) is 3.05. The Bertz CT molecular complexity index is 628. The van der Waals surface area contributed by atoms with Crippen LogP contribution in [0.4, 0.5) is 0 Å². The molecule has 0 saturated carbocycles. The number of hydrogen-bond donors (Lipinski definition) is 0. The maximum absolute atomic E-state index is 6.48. The van der Waals surface area contributed by atoms with E-state index in [9.17, 15) is 0 Å². The van der Waals surface area contributed by atoms with Gasteiger partial charge in [0.05, 0.1) is 5.38 Å². The molecule has 1 aromatic heterocycles. The third kappa shape index (κ3) is 2.08. The van der Waals surface area contributed by atoms with E-state index in [0.29, 0.717) is 0 Å². The van der Waals surface area contributed by atoms with Crippen LogP contribution in [0.5, 0.6) is 0 Å². The normalized spacial score (nSPS) is 12.8. The standard InChI is InChI=1S/C15H11ClS/c16-15(14-6-3-9-17-14)13-8-7-11-4-1-2-5-12(11)10-13/h1-10,15H. The summed E-state index contributed by atoms with van der Waals surface area (Å²) in [5, 5.41) is 4.52. The van der Waals surface area contributed by atoms with Gasteiger partial charge in [-0.15, -0.1) is 22.9 Å².